The number of halogens is 1. The third kappa shape index (κ3) is 1.47. The molecule has 7 heteroatoms. The summed E-state index contributed by atoms with van der Waals surface area (Å²) in [6.07, 6.45) is 3.35. The van der Waals surface area contributed by atoms with Gasteiger partial charge in [-0.2, -0.15) is 0 Å². The van der Waals surface area contributed by atoms with Crippen molar-refractivity contribution < 1.29 is 9.50 Å². The molecule has 1 aliphatic carbocycles. The third-order valence-electron chi connectivity index (χ3n) is 2.86. The van der Waals surface area contributed by atoms with Gasteiger partial charge in [-0.25, -0.2) is 19.3 Å². The highest BCUT2D eigenvalue weighted by atomic mass is 19.1. The van der Waals surface area contributed by atoms with Gasteiger partial charge in [-0.1, -0.05) is 0 Å². The minimum atomic E-state index is -1.07. The summed E-state index contributed by atoms with van der Waals surface area (Å²) in [5.74, 6) is -0.106. The predicted molar refractivity (Wildman–Crippen MR) is 59.5 cm³/mol. The first-order chi connectivity index (χ1) is 8.22. The van der Waals surface area contributed by atoms with E-state index >= 15 is 0 Å². The van der Waals surface area contributed by atoms with Crippen LogP contribution >= 0.6 is 0 Å². The highest BCUT2D eigenvalue weighted by Crippen LogP contribution is 2.41. The zero-order chi connectivity index (χ0) is 12.0. The summed E-state index contributed by atoms with van der Waals surface area (Å²) in [5.41, 5.74) is 7.20. The number of hydrogen-bond acceptors (Lipinski definition) is 5. The number of nitrogen functional groups attached to an aromatic ring is 1. The summed E-state index contributed by atoms with van der Waals surface area (Å²) in [6, 6.07) is 0. The monoisotopic (exact) mass is 235 g/mol. The largest absolute Gasteiger partial charge is 0.396 e. The predicted octanol–water partition coefficient (Wildman–Crippen LogP) is 0.210. The second-order valence-corrected chi connectivity index (χ2v) is 3.90. The van der Waals surface area contributed by atoms with E-state index < -0.39 is 12.1 Å². The SMILES string of the molecule is Nc1ncnc2c1ncn2/C=C1/[C@@H](CO)[C@H]1F. The Balaban J connectivity index is 2.06. The Morgan fingerprint density at radius 2 is 2.29 bits per heavy atom. The molecule has 0 spiro atoms. The maximum atomic E-state index is 13.2. The van der Waals surface area contributed by atoms with Crippen molar-refractivity contribution in [2.75, 3.05) is 12.3 Å². The fraction of sp³-hybridized carbons (Fsp3) is 0.300. The van der Waals surface area contributed by atoms with Gasteiger partial charge in [-0.05, 0) is 5.57 Å². The lowest BCUT2D eigenvalue weighted by molar-refractivity contribution is 0.259. The first-order valence-corrected chi connectivity index (χ1v) is 5.12. The van der Waals surface area contributed by atoms with E-state index in [9.17, 15) is 4.39 Å². The molecule has 2 heterocycles. The Labute approximate surface area is 95.6 Å². The molecular formula is C10H10FN5O. The highest BCUT2D eigenvalue weighted by molar-refractivity contribution is 5.82. The number of alkyl halides is 1. The van der Waals surface area contributed by atoms with Gasteiger partial charge in [0.05, 0.1) is 6.61 Å². The van der Waals surface area contributed by atoms with E-state index in [2.05, 4.69) is 15.0 Å². The smallest absolute Gasteiger partial charge is 0.169 e. The minimum absolute atomic E-state index is 0.184. The lowest BCUT2D eigenvalue weighted by atomic mass is 10.4. The minimum Gasteiger partial charge on any atom is -0.396 e. The molecule has 17 heavy (non-hydrogen) atoms. The van der Waals surface area contributed by atoms with Gasteiger partial charge in [0, 0.05) is 12.1 Å². The molecule has 0 unspecified atom stereocenters. The molecule has 0 aromatic carbocycles. The highest BCUT2D eigenvalue weighted by Gasteiger charge is 2.44. The number of nitrogens with zero attached hydrogens (tertiary/aromatic N) is 4. The van der Waals surface area contributed by atoms with Gasteiger partial charge in [0.1, 0.15) is 18.8 Å². The van der Waals surface area contributed by atoms with E-state index in [-0.39, 0.29) is 6.61 Å². The molecule has 0 amide bonds. The second kappa shape index (κ2) is 3.49. The van der Waals surface area contributed by atoms with Crippen molar-refractivity contribution in [3.05, 3.63) is 18.2 Å². The van der Waals surface area contributed by atoms with Crippen molar-refractivity contribution in [1.82, 2.24) is 19.5 Å². The molecule has 1 fully saturated rings. The van der Waals surface area contributed by atoms with Crippen LogP contribution in [0.3, 0.4) is 0 Å². The van der Waals surface area contributed by atoms with Gasteiger partial charge in [-0.3, -0.25) is 4.57 Å². The van der Waals surface area contributed by atoms with Crippen LogP contribution in [0.2, 0.25) is 0 Å². The number of aliphatic hydroxyl groups is 1. The topological polar surface area (TPSA) is 89.9 Å². The van der Waals surface area contributed by atoms with Crippen molar-refractivity contribution in [2.45, 2.75) is 6.17 Å². The van der Waals surface area contributed by atoms with Gasteiger partial charge in [-0.15, -0.1) is 0 Å². The first-order valence-electron chi connectivity index (χ1n) is 5.12. The van der Waals surface area contributed by atoms with Crippen LogP contribution in [0.4, 0.5) is 10.2 Å². The molecule has 2 aromatic rings. The van der Waals surface area contributed by atoms with E-state index in [0.717, 1.165) is 0 Å². The van der Waals surface area contributed by atoms with Gasteiger partial charge in [0.2, 0.25) is 0 Å². The summed E-state index contributed by atoms with van der Waals surface area (Å²) in [4.78, 5) is 11.9. The number of rotatable bonds is 2. The summed E-state index contributed by atoms with van der Waals surface area (Å²) in [6.45, 7) is -0.184. The van der Waals surface area contributed by atoms with Crippen LogP contribution in [0.15, 0.2) is 18.2 Å². The summed E-state index contributed by atoms with van der Waals surface area (Å²) in [7, 11) is 0. The Hall–Kier alpha value is -2.02. The standard InChI is InChI=1S/C10H10FN5O/c11-7-5(6(7)2-17)1-16-4-15-8-9(12)13-3-14-10(8)16/h1,3-4,6-7,17H,2H2,(H2,12,13,14)/b5-1-/t6-,7+/m1/s1. The van der Waals surface area contributed by atoms with Crippen molar-refractivity contribution >= 4 is 23.2 Å². The van der Waals surface area contributed by atoms with Crippen LogP contribution in [0.5, 0.6) is 0 Å². The Kier molecular flexibility index (Phi) is 2.08. The van der Waals surface area contributed by atoms with E-state index in [1.54, 1.807) is 10.8 Å². The number of hydrogen-bond donors (Lipinski definition) is 2. The molecule has 3 rings (SSSR count). The molecule has 1 saturated carbocycles. The number of anilines is 1. The van der Waals surface area contributed by atoms with Crippen molar-refractivity contribution in [2.24, 2.45) is 5.92 Å². The Morgan fingerprint density at radius 1 is 1.47 bits per heavy atom. The van der Waals surface area contributed by atoms with Gasteiger partial charge in [0.15, 0.2) is 17.0 Å². The molecule has 2 aromatic heterocycles. The average Bonchev–Trinajstić information content (AvgIpc) is 2.74. The van der Waals surface area contributed by atoms with Crippen molar-refractivity contribution in [1.29, 1.82) is 0 Å². The van der Waals surface area contributed by atoms with Crippen LogP contribution in [0, 0.1) is 5.92 Å². The van der Waals surface area contributed by atoms with Gasteiger partial charge < -0.3 is 10.8 Å². The fourth-order valence-corrected chi connectivity index (χ4v) is 1.79. The summed E-state index contributed by atoms with van der Waals surface area (Å²) in [5, 5.41) is 8.88. The van der Waals surface area contributed by atoms with Crippen molar-refractivity contribution in [3.8, 4) is 0 Å². The number of imidazole rings is 1. The summed E-state index contributed by atoms with van der Waals surface area (Å²) >= 11 is 0. The fourth-order valence-electron chi connectivity index (χ4n) is 1.79. The normalized spacial score (nSPS) is 25.6. The van der Waals surface area contributed by atoms with E-state index in [1.807, 2.05) is 0 Å². The maximum absolute atomic E-state index is 13.2. The zero-order valence-electron chi connectivity index (χ0n) is 8.79. The van der Waals surface area contributed by atoms with Crippen LogP contribution in [0.1, 0.15) is 0 Å². The van der Waals surface area contributed by atoms with Gasteiger partial charge in [0.25, 0.3) is 0 Å². The lowest BCUT2D eigenvalue weighted by Gasteiger charge is -1.95. The number of aliphatic hydroxyl groups excluding tert-OH is 1. The Morgan fingerprint density at radius 3 is 3.00 bits per heavy atom. The van der Waals surface area contributed by atoms with E-state index in [4.69, 9.17) is 10.8 Å². The molecule has 0 radical (unpaired) electrons. The first kappa shape index (κ1) is 10.2. The number of nitrogens with two attached hydrogens (primary N) is 1. The van der Waals surface area contributed by atoms with Gasteiger partial charge >= 0.3 is 0 Å². The number of fused-ring (bicyclic) bond motifs is 1. The lowest BCUT2D eigenvalue weighted by Crippen LogP contribution is -1.94. The van der Waals surface area contributed by atoms with Crippen LogP contribution in [-0.4, -0.2) is 37.4 Å². The number of aromatic nitrogens is 4. The average molecular weight is 235 g/mol. The second-order valence-electron chi connectivity index (χ2n) is 3.90. The molecular weight excluding hydrogens is 225 g/mol. The van der Waals surface area contributed by atoms with E-state index in [0.29, 0.717) is 22.6 Å². The van der Waals surface area contributed by atoms with Crippen molar-refractivity contribution in [3.63, 3.8) is 0 Å². The zero-order valence-corrected chi connectivity index (χ0v) is 8.79. The van der Waals surface area contributed by atoms with Crippen LogP contribution in [0.25, 0.3) is 17.4 Å². The Bertz CT molecular complexity index is 608. The quantitative estimate of drug-likeness (QED) is 0.776. The third-order valence-corrected chi connectivity index (χ3v) is 2.86. The molecule has 3 N–H and O–H groups in total. The molecule has 88 valence electrons. The molecule has 1 aliphatic rings. The maximum Gasteiger partial charge on any atom is 0.169 e. The van der Waals surface area contributed by atoms with Crippen LogP contribution < -0.4 is 5.73 Å². The summed E-state index contributed by atoms with van der Waals surface area (Å²) < 4.78 is 14.8. The molecule has 6 nitrogen and oxygen atoms in total. The molecule has 2 atom stereocenters. The molecule has 0 aliphatic heterocycles. The van der Waals surface area contributed by atoms with E-state index in [1.165, 1.54) is 12.7 Å². The molecule has 0 saturated heterocycles. The van der Waals surface area contributed by atoms with Crippen LogP contribution in [-0.2, 0) is 0 Å². The molecule has 0 bridgehead atoms.